The van der Waals surface area contributed by atoms with Gasteiger partial charge in [0, 0.05) is 28.3 Å². The van der Waals surface area contributed by atoms with E-state index in [0.717, 1.165) is 0 Å². The van der Waals surface area contributed by atoms with Crippen molar-refractivity contribution in [3.05, 3.63) is 28.2 Å². The first-order valence-corrected chi connectivity index (χ1v) is 9.30. The first kappa shape index (κ1) is 16.5. The van der Waals surface area contributed by atoms with Crippen LogP contribution in [0.3, 0.4) is 0 Å². The third-order valence-electron chi connectivity index (χ3n) is 2.05. The van der Waals surface area contributed by atoms with Crippen LogP contribution < -0.4 is 4.72 Å². The Morgan fingerprint density at radius 1 is 1.26 bits per heavy atom. The van der Waals surface area contributed by atoms with E-state index < -0.39 is 40.8 Å². The lowest BCUT2D eigenvalue weighted by atomic mass is 10.3. The minimum atomic E-state index is -4.10. The van der Waals surface area contributed by atoms with Gasteiger partial charge in [0.05, 0.1) is 9.37 Å². The Bertz CT molecular complexity index is 666. The van der Waals surface area contributed by atoms with E-state index >= 15 is 0 Å². The summed E-state index contributed by atoms with van der Waals surface area (Å²) < 4.78 is 69.6. The Balaban J connectivity index is 2.95. The smallest absolute Gasteiger partial charge is 0.240 e. The zero-order valence-electron chi connectivity index (χ0n) is 9.74. The molecule has 0 aliphatic heterocycles. The van der Waals surface area contributed by atoms with E-state index in [9.17, 15) is 21.4 Å². The Morgan fingerprint density at radius 3 is 2.16 bits per heavy atom. The van der Waals surface area contributed by atoms with Gasteiger partial charge in [-0.1, -0.05) is 0 Å². The minimum absolute atomic E-state index is 0.187. The highest BCUT2D eigenvalue weighted by atomic mass is 79.9. The SMILES string of the molecule is CS(=N)(=O)CCNS(=O)(=O)c1cc(F)c(Br)c(F)c1. The zero-order chi connectivity index (χ0) is 14.8. The summed E-state index contributed by atoms with van der Waals surface area (Å²) in [6.45, 7) is -0.250. The second kappa shape index (κ2) is 5.81. The number of halogens is 3. The van der Waals surface area contributed by atoms with E-state index in [2.05, 4.69) is 15.9 Å². The minimum Gasteiger partial charge on any atom is -0.253 e. The van der Waals surface area contributed by atoms with Gasteiger partial charge in [-0.05, 0) is 28.1 Å². The Hall–Kier alpha value is -0.580. The molecule has 5 nitrogen and oxygen atoms in total. The number of nitrogens with one attached hydrogen (secondary N) is 2. The van der Waals surface area contributed by atoms with Crippen LogP contribution in [0.15, 0.2) is 21.5 Å². The van der Waals surface area contributed by atoms with Crippen LogP contribution in [0.4, 0.5) is 8.78 Å². The number of rotatable bonds is 5. The van der Waals surface area contributed by atoms with Crippen molar-refractivity contribution in [2.45, 2.75) is 4.90 Å². The first-order valence-electron chi connectivity index (χ1n) is 4.88. The van der Waals surface area contributed by atoms with Crippen LogP contribution in [0.5, 0.6) is 0 Å². The number of benzene rings is 1. The topological polar surface area (TPSA) is 87.1 Å². The molecule has 1 aromatic carbocycles. The average Bonchev–Trinajstić information content (AvgIpc) is 2.22. The molecule has 0 saturated carbocycles. The first-order chi connectivity index (χ1) is 8.53. The fourth-order valence-electron chi connectivity index (χ4n) is 1.14. The molecule has 2 N–H and O–H groups in total. The summed E-state index contributed by atoms with van der Waals surface area (Å²) >= 11 is 2.63. The summed E-state index contributed by atoms with van der Waals surface area (Å²) in [5, 5.41) is 0. The molecule has 10 heteroatoms. The number of hydrogen-bond acceptors (Lipinski definition) is 4. The summed E-state index contributed by atoms with van der Waals surface area (Å²) in [7, 11) is -6.94. The highest BCUT2D eigenvalue weighted by Crippen LogP contribution is 2.23. The van der Waals surface area contributed by atoms with Gasteiger partial charge in [-0.15, -0.1) is 0 Å². The molecule has 0 amide bonds. The summed E-state index contributed by atoms with van der Waals surface area (Å²) in [6, 6.07) is 1.33. The molecule has 0 saturated heterocycles. The van der Waals surface area contributed by atoms with Gasteiger partial charge in [-0.2, -0.15) is 0 Å². The molecular weight excluding hydrogens is 366 g/mol. The van der Waals surface area contributed by atoms with Crippen molar-refractivity contribution in [2.75, 3.05) is 18.6 Å². The predicted octanol–water partition coefficient (Wildman–Crippen LogP) is 1.68. The van der Waals surface area contributed by atoms with Gasteiger partial charge in [0.1, 0.15) is 11.6 Å². The van der Waals surface area contributed by atoms with Crippen LogP contribution in [-0.2, 0) is 19.8 Å². The van der Waals surface area contributed by atoms with E-state index in [1.54, 1.807) is 0 Å². The van der Waals surface area contributed by atoms with Gasteiger partial charge in [0.15, 0.2) is 0 Å². The maximum absolute atomic E-state index is 13.2. The molecule has 1 rings (SSSR count). The molecule has 0 spiro atoms. The molecule has 19 heavy (non-hydrogen) atoms. The van der Waals surface area contributed by atoms with Crippen molar-refractivity contribution in [2.24, 2.45) is 0 Å². The van der Waals surface area contributed by atoms with Gasteiger partial charge in [-0.25, -0.2) is 21.9 Å². The Labute approximate surface area is 118 Å². The van der Waals surface area contributed by atoms with Gasteiger partial charge >= 0.3 is 0 Å². The second-order valence-corrected chi connectivity index (χ2v) is 8.79. The highest BCUT2D eigenvalue weighted by molar-refractivity contribution is 9.10. The van der Waals surface area contributed by atoms with E-state index in [0.29, 0.717) is 12.1 Å². The van der Waals surface area contributed by atoms with Crippen molar-refractivity contribution < 1.29 is 21.4 Å². The monoisotopic (exact) mass is 376 g/mol. The van der Waals surface area contributed by atoms with Gasteiger partial charge in [-0.3, -0.25) is 8.99 Å². The molecule has 1 unspecified atom stereocenters. The third-order valence-corrected chi connectivity index (χ3v) is 5.23. The number of sulfonamides is 1. The molecular formula is C9H11BrF2N2O3S2. The number of hydrogen-bond donors (Lipinski definition) is 2. The van der Waals surface area contributed by atoms with Crippen molar-refractivity contribution in [1.82, 2.24) is 4.72 Å². The van der Waals surface area contributed by atoms with Crippen LogP contribution in [-0.4, -0.2) is 31.2 Å². The van der Waals surface area contributed by atoms with Crippen LogP contribution in [0.1, 0.15) is 0 Å². The Kier molecular flexibility index (Phi) is 5.04. The van der Waals surface area contributed by atoms with Crippen LogP contribution in [0.2, 0.25) is 0 Å². The van der Waals surface area contributed by atoms with Gasteiger partial charge in [0.2, 0.25) is 10.0 Å². The van der Waals surface area contributed by atoms with E-state index in [4.69, 9.17) is 4.78 Å². The molecule has 0 aliphatic rings. The van der Waals surface area contributed by atoms with Crippen molar-refractivity contribution in [3.8, 4) is 0 Å². The molecule has 0 bridgehead atoms. The van der Waals surface area contributed by atoms with Gasteiger partial charge in [0.25, 0.3) is 0 Å². The van der Waals surface area contributed by atoms with Gasteiger partial charge < -0.3 is 0 Å². The van der Waals surface area contributed by atoms with Crippen LogP contribution >= 0.6 is 15.9 Å². The molecule has 1 aromatic rings. The maximum atomic E-state index is 13.2. The molecule has 0 aromatic heterocycles. The standard InChI is InChI=1S/C9H11BrF2N2O3S2/c1-18(13,15)3-2-14-19(16,17)6-4-7(11)9(10)8(12)5-6/h4-5,13-14H,2-3H2,1H3. The lowest BCUT2D eigenvalue weighted by Gasteiger charge is -2.08. The quantitative estimate of drug-likeness (QED) is 0.766. The highest BCUT2D eigenvalue weighted by Gasteiger charge is 2.18. The fraction of sp³-hybridized carbons (Fsp3) is 0.333. The molecule has 1 atom stereocenters. The second-order valence-electron chi connectivity index (χ2n) is 3.81. The normalized spacial score (nSPS) is 15.2. The van der Waals surface area contributed by atoms with E-state index in [1.165, 1.54) is 6.26 Å². The summed E-state index contributed by atoms with van der Waals surface area (Å²) in [6.07, 6.45) is 1.17. The van der Waals surface area contributed by atoms with Crippen LogP contribution in [0, 0.1) is 16.4 Å². The summed E-state index contributed by atoms with van der Waals surface area (Å²) in [5.41, 5.74) is 0. The summed E-state index contributed by atoms with van der Waals surface area (Å²) in [4.78, 5) is -0.571. The van der Waals surface area contributed by atoms with Crippen LogP contribution in [0.25, 0.3) is 0 Å². The zero-order valence-corrected chi connectivity index (χ0v) is 13.0. The largest absolute Gasteiger partial charge is 0.253 e. The predicted molar refractivity (Wildman–Crippen MR) is 70.9 cm³/mol. The summed E-state index contributed by atoms with van der Waals surface area (Å²) in [5.74, 6) is -2.27. The molecule has 0 radical (unpaired) electrons. The van der Waals surface area contributed by atoms with E-state index in [1.807, 2.05) is 4.72 Å². The van der Waals surface area contributed by atoms with E-state index in [-0.39, 0.29) is 12.3 Å². The van der Waals surface area contributed by atoms with Crippen molar-refractivity contribution in [3.63, 3.8) is 0 Å². The lowest BCUT2D eigenvalue weighted by molar-refractivity contribution is 0.555. The van der Waals surface area contributed by atoms with Crippen molar-refractivity contribution in [1.29, 1.82) is 4.78 Å². The average molecular weight is 377 g/mol. The Morgan fingerprint density at radius 2 is 1.74 bits per heavy atom. The van der Waals surface area contributed by atoms with Crippen molar-refractivity contribution >= 4 is 35.7 Å². The third kappa shape index (κ3) is 4.79. The molecule has 0 aliphatic carbocycles. The lowest BCUT2D eigenvalue weighted by Crippen LogP contribution is -2.28. The fourth-order valence-corrected chi connectivity index (χ4v) is 3.05. The molecule has 108 valence electrons. The maximum Gasteiger partial charge on any atom is 0.240 e. The molecule has 0 heterocycles. The molecule has 0 fully saturated rings.